The van der Waals surface area contributed by atoms with Crippen LogP contribution in [0.25, 0.3) is 0 Å². The second-order valence-electron chi connectivity index (χ2n) is 2.94. The van der Waals surface area contributed by atoms with Crippen LogP contribution < -0.4 is 5.32 Å². The molecule has 9 heteroatoms. The summed E-state index contributed by atoms with van der Waals surface area (Å²) in [6, 6.07) is 0. The molecule has 1 aromatic heterocycles. The second kappa shape index (κ2) is 14.5. The molecule has 0 bridgehead atoms. The number of carboxylic acids is 2. The molecule has 1 heterocycles. The summed E-state index contributed by atoms with van der Waals surface area (Å²) in [5.41, 5.74) is 1.18. The van der Waals surface area contributed by atoms with Crippen molar-refractivity contribution >= 4 is 36.8 Å². The van der Waals surface area contributed by atoms with Gasteiger partial charge in [-0.05, 0) is 7.05 Å². The number of carbonyl (C=O) groups is 2. The van der Waals surface area contributed by atoms with Gasteiger partial charge in [0.15, 0.2) is 0 Å². The first-order valence-corrected chi connectivity index (χ1v) is 4.82. The third-order valence-electron chi connectivity index (χ3n) is 1.57. The Morgan fingerprint density at radius 1 is 1.32 bits per heavy atom. The van der Waals surface area contributed by atoms with Gasteiger partial charge in [-0.2, -0.15) is 0 Å². The van der Waals surface area contributed by atoms with Crippen molar-refractivity contribution in [1.82, 2.24) is 15.3 Å². The van der Waals surface area contributed by atoms with Crippen LogP contribution in [-0.4, -0.2) is 45.7 Å². The molecule has 4 N–H and O–H groups in total. The number of likely N-dealkylation sites (N-methyl/N-ethyl adjacent to an activating group) is 1. The van der Waals surface area contributed by atoms with Gasteiger partial charge in [-0.3, -0.25) is 0 Å². The van der Waals surface area contributed by atoms with Crippen LogP contribution in [0.5, 0.6) is 0 Å². The van der Waals surface area contributed by atoms with Crippen LogP contribution >= 0.6 is 24.8 Å². The third kappa shape index (κ3) is 16.4. The third-order valence-corrected chi connectivity index (χ3v) is 1.57. The van der Waals surface area contributed by atoms with E-state index in [0.29, 0.717) is 12.2 Å². The largest absolute Gasteiger partial charge is 0.478 e. The van der Waals surface area contributed by atoms with Crippen molar-refractivity contribution in [3.63, 3.8) is 0 Å². The predicted octanol–water partition coefficient (Wildman–Crippen LogP) is 0.727. The van der Waals surface area contributed by atoms with Crippen LogP contribution in [0, 0.1) is 0 Å². The van der Waals surface area contributed by atoms with Crippen molar-refractivity contribution in [3.8, 4) is 0 Å². The molecule has 19 heavy (non-hydrogen) atoms. The highest BCUT2D eigenvalue weighted by Crippen LogP contribution is 1.89. The number of hydrogen-bond donors (Lipinski definition) is 4. The van der Waals surface area contributed by atoms with Crippen molar-refractivity contribution in [2.75, 3.05) is 13.6 Å². The number of nitrogens with one attached hydrogen (secondary N) is 2. The molecule has 1 rings (SSSR count). The molecule has 0 unspecified atom stereocenters. The molecule has 110 valence electrons. The summed E-state index contributed by atoms with van der Waals surface area (Å²) in [4.78, 5) is 26.0. The fourth-order valence-electron chi connectivity index (χ4n) is 0.824. The molecule has 7 nitrogen and oxygen atoms in total. The first-order valence-electron chi connectivity index (χ1n) is 4.82. The number of aromatic nitrogens is 2. The maximum Gasteiger partial charge on any atom is 0.328 e. The number of rotatable bonds is 5. The number of carboxylic acid groups (broad SMARTS) is 2. The Labute approximate surface area is 122 Å². The standard InChI is InChI=1S/C6H11N3.C4H4O4.2ClH/c1-7-3-2-6-4-8-5-9-6;5-3(6)1-2-4(7)8;;/h4-5,7H,2-3H2,1H3,(H,8,9);1-2H,(H,5,6)(H,7,8);2*1H/b;2-1+;;. The van der Waals surface area contributed by atoms with Gasteiger partial charge in [0.2, 0.25) is 0 Å². The zero-order chi connectivity index (χ0) is 13.1. The molecular formula is C10H17Cl2N3O4. The van der Waals surface area contributed by atoms with Gasteiger partial charge in [-0.1, -0.05) is 0 Å². The van der Waals surface area contributed by atoms with Gasteiger partial charge in [-0.15, -0.1) is 24.8 Å². The number of nitrogens with zero attached hydrogens (tertiary/aromatic N) is 1. The van der Waals surface area contributed by atoms with E-state index in [1.807, 2.05) is 13.2 Å². The fraction of sp³-hybridized carbons (Fsp3) is 0.300. The highest BCUT2D eigenvalue weighted by Gasteiger charge is 1.89. The zero-order valence-corrected chi connectivity index (χ0v) is 11.8. The van der Waals surface area contributed by atoms with E-state index in [0.717, 1.165) is 13.0 Å². The summed E-state index contributed by atoms with van der Waals surface area (Å²) in [6.07, 6.45) is 5.68. The maximum atomic E-state index is 9.55. The summed E-state index contributed by atoms with van der Waals surface area (Å²) in [5.74, 6) is -2.51. The summed E-state index contributed by atoms with van der Waals surface area (Å²) in [7, 11) is 1.94. The fourth-order valence-corrected chi connectivity index (χ4v) is 0.824. The molecule has 0 spiro atoms. The Hall–Kier alpha value is -1.57. The van der Waals surface area contributed by atoms with Gasteiger partial charge in [0.1, 0.15) is 0 Å². The molecule has 0 atom stereocenters. The van der Waals surface area contributed by atoms with E-state index in [4.69, 9.17) is 10.2 Å². The minimum absolute atomic E-state index is 0. The number of imidazole rings is 1. The summed E-state index contributed by atoms with van der Waals surface area (Å²) < 4.78 is 0. The first-order chi connectivity index (χ1) is 8.06. The number of H-pyrrole nitrogens is 1. The molecule has 0 radical (unpaired) electrons. The first kappa shape index (κ1) is 22.6. The van der Waals surface area contributed by atoms with Crippen molar-refractivity contribution < 1.29 is 19.8 Å². The predicted molar refractivity (Wildman–Crippen MR) is 75.1 cm³/mol. The highest BCUT2D eigenvalue weighted by molar-refractivity contribution is 5.89. The van der Waals surface area contributed by atoms with E-state index in [9.17, 15) is 9.59 Å². The average molecular weight is 314 g/mol. The minimum Gasteiger partial charge on any atom is -0.478 e. The molecular weight excluding hydrogens is 297 g/mol. The molecule has 0 aliphatic rings. The number of halogens is 2. The van der Waals surface area contributed by atoms with Gasteiger partial charge in [0.05, 0.1) is 6.33 Å². The summed E-state index contributed by atoms with van der Waals surface area (Å²) in [5, 5.41) is 18.7. The monoisotopic (exact) mass is 313 g/mol. The van der Waals surface area contributed by atoms with Crippen LogP contribution in [0.3, 0.4) is 0 Å². The van der Waals surface area contributed by atoms with Gasteiger partial charge >= 0.3 is 11.9 Å². The minimum atomic E-state index is -1.26. The summed E-state index contributed by atoms with van der Waals surface area (Å²) >= 11 is 0. The van der Waals surface area contributed by atoms with E-state index < -0.39 is 11.9 Å². The van der Waals surface area contributed by atoms with E-state index in [1.165, 1.54) is 5.69 Å². The van der Waals surface area contributed by atoms with Crippen LogP contribution in [-0.2, 0) is 16.0 Å². The van der Waals surface area contributed by atoms with Crippen LogP contribution in [0.15, 0.2) is 24.7 Å². The molecule has 0 amide bonds. The van der Waals surface area contributed by atoms with Gasteiger partial charge < -0.3 is 20.5 Å². The Bertz CT molecular complexity index is 353. The molecule has 0 aliphatic heterocycles. The molecule has 1 aromatic rings. The average Bonchev–Trinajstić information content (AvgIpc) is 2.77. The number of aliphatic carboxylic acids is 2. The molecule has 0 aliphatic carbocycles. The highest BCUT2D eigenvalue weighted by atomic mass is 35.5. The van der Waals surface area contributed by atoms with Crippen LogP contribution in [0.2, 0.25) is 0 Å². The molecule has 0 saturated heterocycles. The Balaban J connectivity index is -0.000000246. The van der Waals surface area contributed by atoms with Crippen molar-refractivity contribution in [2.24, 2.45) is 0 Å². The lowest BCUT2D eigenvalue weighted by Gasteiger charge is -1.93. The maximum absolute atomic E-state index is 9.55. The SMILES string of the molecule is CNCCc1cnc[nH]1.Cl.Cl.O=C(O)/C=C/C(=O)O. The number of hydrogen-bond acceptors (Lipinski definition) is 4. The lowest BCUT2D eigenvalue weighted by Crippen LogP contribution is -2.10. The molecule has 0 saturated carbocycles. The quantitative estimate of drug-likeness (QED) is 0.596. The van der Waals surface area contributed by atoms with E-state index in [1.54, 1.807) is 6.33 Å². The van der Waals surface area contributed by atoms with Crippen molar-refractivity contribution in [2.45, 2.75) is 6.42 Å². The lowest BCUT2D eigenvalue weighted by atomic mass is 10.3. The van der Waals surface area contributed by atoms with Gasteiger partial charge in [0, 0.05) is 37.0 Å². The lowest BCUT2D eigenvalue weighted by molar-refractivity contribution is -0.134. The van der Waals surface area contributed by atoms with E-state index in [-0.39, 0.29) is 24.8 Å². The van der Waals surface area contributed by atoms with Crippen LogP contribution in [0.1, 0.15) is 5.69 Å². The van der Waals surface area contributed by atoms with Gasteiger partial charge in [-0.25, -0.2) is 14.6 Å². The van der Waals surface area contributed by atoms with Gasteiger partial charge in [0.25, 0.3) is 0 Å². The normalized spacial score (nSPS) is 8.68. The van der Waals surface area contributed by atoms with Crippen molar-refractivity contribution in [3.05, 3.63) is 30.4 Å². The molecule has 0 aromatic carbocycles. The topological polar surface area (TPSA) is 115 Å². The van der Waals surface area contributed by atoms with E-state index >= 15 is 0 Å². The zero-order valence-electron chi connectivity index (χ0n) is 10.2. The smallest absolute Gasteiger partial charge is 0.328 e. The summed E-state index contributed by atoms with van der Waals surface area (Å²) in [6.45, 7) is 1.00. The Morgan fingerprint density at radius 3 is 2.16 bits per heavy atom. The van der Waals surface area contributed by atoms with Crippen LogP contribution in [0.4, 0.5) is 0 Å². The Kier molecular flexibility index (Phi) is 17.2. The Morgan fingerprint density at radius 2 is 1.84 bits per heavy atom. The molecule has 0 fully saturated rings. The van der Waals surface area contributed by atoms with E-state index in [2.05, 4.69) is 15.3 Å². The van der Waals surface area contributed by atoms with Crippen molar-refractivity contribution in [1.29, 1.82) is 0 Å². The number of aromatic amines is 1. The second-order valence-corrected chi connectivity index (χ2v) is 2.94.